The van der Waals surface area contributed by atoms with Crippen molar-refractivity contribution in [1.29, 1.82) is 0 Å². The van der Waals surface area contributed by atoms with Gasteiger partial charge in [0.05, 0.1) is 17.9 Å². The predicted molar refractivity (Wildman–Crippen MR) is 100 cm³/mol. The zero-order chi connectivity index (χ0) is 18.7. The molecule has 0 spiro atoms. The summed E-state index contributed by atoms with van der Waals surface area (Å²) < 4.78 is 30.6. The van der Waals surface area contributed by atoms with Crippen molar-refractivity contribution in [3.05, 3.63) is 51.7 Å². The Morgan fingerprint density at radius 3 is 2.77 bits per heavy atom. The summed E-state index contributed by atoms with van der Waals surface area (Å²) in [6.45, 7) is 1.67. The van der Waals surface area contributed by atoms with Crippen molar-refractivity contribution in [2.75, 3.05) is 23.2 Å². The molecule has 0 fully saturated rings. The number of fused-ring (bicyclic) bond motifs is 1. The summed E-state index contributed by atoms with van der Waals surface area (Å²) in [5, 5.41) is 3.74. The van der Waals surface area contributed by atoms with Gasteiger partial charge in [-0.3, -0.25) is 13.9 Å². The minimum absolute atomic E-state index is 0.0349. The van der Waals surface area contributed by atoms with Crippen LogP contribution in [0.3, 0.4) is 0 Å². The average Bonchev–Trinajstić information content (AvgIpc) is 3.28. The largest absolute Gasteiger partial charge is 0.457 e. The Kier molecular flexibility index (Phi) is 5.43. The van der Waals surface area contributed by atoms with Crippen LogP contribution in [0.2, 0.25) is 0 Å². The van der Waals surface area contributed by atoms with Crippen molar-refractivity contribution in [3.8, 4) is 0 Å². The molecule has 26 heavy (non-hydrogen) atoms. The molecule has 6 nitrogen and oxygen atoms in total. The Hall–Kier alpha value is -2.19. The van der Waals surface area contributed by atoms with Crippen LogP contribution in [0.15, 0.2) is 35.0 Å². The molecule has 0 amide bonds. The van der Waals surface area contributed by atoms with Crippen LogP contribution in [0.4, 0.5) is 5.69 Å². The van der Waals surface area contributed by atoms with E-state index >= 15 is 0 Å². The van der Waals surface area contributed by atoms with E-state index in [-0.39, 0.29) is 24.6 Å². The van der Waals surface area contributed by atoms with Crippen LogP contribution in [0, 0.1) is 0 Å². The zero-order valence-corrected chi connectivity index (χ0v) is 15.9. The first-order valence-corrected chi connectivity index (χ1v) is 10.8. The van der Waals surface area contributed by atoms with Gasteiger partial charge in [-0.1, -0.05) is 0 Å². The molecule has 0 aliphatic carbocycles. The van der Waals surface area contributed by atoms with E-state index in [9.17, 15) is 18.0 Å². The number of carbonyl (C=O) groups is 2. The average molecular weight is 393 g/mol. The molecule has 2 heterocycles. The second-order valence-electron chi connectivity index (χ2n) is 5.96. The van der Waals surface area contributed by atoms with Gasteiger partial charge in [0.15, 0.2) is 12.4 Å². The highest BCUT2D eigenvalue weighted by Gasteiger charge is 2.28. The number of ketones is 1. The molecule has 0 atom stereocenters. The van der Waals surface area contributed by atoms with E-state index in [1.165, 1.54) is 15.6 Å². The van der Waals surface area contributed by atoms with E-state index in [2.05, 4.69) is 0 Å². The molecule has 138 valence electrons. The van der Waals surface area contributed by atoms with Gasteiger partial charge in [-0.25, -0.2) is 8.42 Å². The molecule has 1 aliphatic rings. The Balaban J connectivity index is 1.63. The van der Waals surface area contributed by atoms with E-state index in [0.29, 0.717) is 24.2 Å². The molecule has 0 N–H and O–H groups in total. The summed E-state index contributed by atoms with van der Waals surface area (Å²) >= 11 is 1.50. The molecule has 0 saturated carbocycles. The number of anilines is 1. The summed E-state index contributed by atoms with van der Waals surface area (Å²) in [7, 11) is -3.31. The number of esters is 1. The molecule has 1 aromatic carbocycles. The fourth-order valence-corrected chi connectivity index (χ4v) is 4.66. The quantitative estimate of drug-likeness (QED) is 0.533. The number of hydrogen-bond acceptors (Lipinski definition) is 6. The van der Waals surface area contributed by atoms with Crippen LogP contribution < -0.4 is 4.31 Å². The summed E-state index contributed by atoms with van der Waals surface area (Å²) in [5.41, 5.74) is 2.72. The van der Waals surface area contributed by atoms with Crippen molar-refractivity contribution in [2.45, 2.75) is 19.8 Å². The molecule has 1 aromatic heterocycles. The molecule has 1 aliphatic heterocycles. The van der Waals surface area contributed by atoms with Crippen molar-refractivity contribution in [3.63, 3.8) is 0 Å². The second-order valence-corrected chi connectivity index (χ2v) is 8.92. The molecule has 2 aromatic rings. The minimum atomic E-state index is -3.31. The highest BCUT2D eigenvalue weighted by Crippen LogP contribution is 2.31. The smallest absolute Gasteiger partial charge is 0.310 e. The van der Waals surface area contributed by atoms with Crippen LogP contribution in [0.25, 0.3) is 0 Å². The number of hydrogen-bond donors (Lipinski definition) is 0. The summed E-state index contributed by atoms with van der Waals surface area (Å²) in [6.07, 6.45) is 0.707. The van der Waals surface area contributed by atoms with Crippen LogP contribution >= 0.6 is 11.3 Å². The lowest BCUT2D eigenvalue weighted by molar-refractivity contribution is -0.141. The van der Waals surface area contributed by atoms with Gasteiger partial charge in [-0.05, 0) is 59.5 Å². The monoisotopic (exact) mass is 393 g/mol. The Labute approximate surface area is 156 Å². The molecule has 0 radical (unpaired) electrons. The topological polar surface area (TPSA) is 80.8 Å². The first-order valence-electron chi connectivity index (χ1n) is 8.24. The molecular formula is C18H19NO5S2. The van der Waals surface area contributed by atoms with E-state index in [1.807, 2.05) is 16.8 Å². The molecule has 8 heteroatoms. The van der Waals surface area contributed by atoms with Gasteiger partial charge in [0.2, 0.25) is 10.0 Å². The normalized spacial score (nSPS) is 13.5. The van der Waals surface area contributed by atoms with Gasteiger partial charge in [0, 0.05) is 12.1 Å². The fraction of sp³-hybridized carbons (Fsp3) is 0.333. The number of sulfonamides is 1. The number of Topliss-reactive ketones (excluding diaryl/α,β-unsaturated/α-hetero) is 1. The molecule has 3 rings (SSSR count). The van der Waals surface area contributed by atoms with E-state index in [4.69, 9.17) is 4.74 Å². The number of benzene rings is 1. The maximum Gasteiger partial charge on any atom is 0.310 e. The number of carbonyl (C=O) groups excluding carboxylic acids is 2. The summed E-state index contributed by atoms with van der Waals surface area (Å²) in [4.78, 5) is 24.1. The van der Waals surface area contributed by atoms with Crippen molar-refractivity contribution in [2.24, 2.45) is 0 Å². The predicted octanol–water partition coefficient (Wildman–Crippen LogP) is 2.43. The summed E-state index contributed by atoms with van der Waals surface area (Å²) in [5.74, 6) is -0.714. The molecular weight excluding hydrogens is 374 g/mol. The van der Waals surface area contributed by atoms with Gasteiger partial charge in [0.1, 0.15) is 0 Å². The Morgan fingerprint density at radius 2 is 2.08 bits per heavy atom. The van der Waals surface area contributed by atoms with E-state index in [1.54, 1.807) is 25.1 Å². The zero-order valence-electron chi connectivity index (χ0n) is 14.3. The lowest BCUT2D eigenvalue weighted by atomic mass is 10.1. The molecule has 0 bridgehead atoms. The van der Waals surface area contributed by atoms with Gasteiger partial charge in [-0.15, -0.1) is 0 Å². The van der Waals surface area contributed by atoms with Gasteiger partial charge in [-0.2, -0.15) is 11.3 Å². The number of nitrogens with zero attached hydrogens (tertiary/aromatic N) is 1. The van der Waals surface area contributed by atoms with Gasteiger partial charge in [0.25, 0.3) is 0 Å². The van der Waals surface area contributed by atoms with Crippen molar-refractivity contribution in [1.82, 2.24) is 0 Å². The highest BCUT2D eigenvalue weighted by molar-refractivity contribution is 7.92. The maximum atomic E-state index is 12.3. The number of ether oxygens (including phenoxy) is 1. The lowest BCUT2D eigenvalue weighted by Gasteiger charge is -2.18. The van der Waals surface area contributed by atoms with Crippen LogP contribution in [0.5, 0.6) is 0 Å². The standard InChI is InChI=1S/C18H19NO5S2/c1-2-26(22,23)19-7-5-14-10-15(3-4-16(14)19)17(20)11-24-18(21)9-13-6-8-25-12-13/h3-4,6,8,10,12H,2,5,7,9,11H2,1H3. The van der Waals surface area contributed by atoms with Gasteiger partial charge < -0.3 is 4.74 Å². The van der Waals surface area contributed by atoms with Crippen molar-refractivity contribution >= 4 is 38.8 Å². The third-order valence-electron chi connectivity index (χ3n) is 4.25. The fourth-order valence-electron chi connectivity index (χ4n) is 2.83. The van der Waals surface area contributed by atoms with Crippen molar-refractivity contribution < 1.29 is 22.7 Å². The third-order valence-corrected chi connectivity index (χ3v) is 6.76. The lowest BCUT2D eigenvalue weighted by Crippen LogP contribution is -2.30. The number of thiophene rings is 1. The molecule has 0 saturated heterocycles. The van der Waals surface area contributed by atoms with E-state index < -0.39 is 16.0 Å². The number of rotatable bonds is 7. The minimum Gasteiger partial charge on any atom is -0.457 e. The maximum absolute atomic E-state index is 12.3. The summed E-state index contributed by atoms with van der Waals surface area (Å²) in [6, 6.07) is 6.76. The first-order chi connectivity index (χ1) is 12.4. The Morgan fingerprint density at radius 1 is 1.27 bits per heavy atom. The second kappa shape index (κ2) is 7.59. The highest BCUT2D eigenvalue weighted by atomic mass is 32.2. The third kappa shape index (κ3) is 3.96. The first kappa shape index (κ1) is 18.6. The molecule has 0 unspecified atom stereocenters. The SMILES string of the molecule is CCS(=O)(=O)N1CCc2cc(C(=O)COC(=O)Cc3ccsc3)ccc21. The van der Waals surface area contributed by atoms with Gasteiger partial charge >= 0.3 is 5.97 Å². The van der Waals surface area contributed by atoms with Crippen LogP contribution in [-0.4, -0.2) is 39.1 Å². The van der Waals surface area contributed by atoms with E-state index in [0.717, 1.165) is 11.1 Å². The Bertz CT molecular complexity index is 919. The van der Waals surface area contributed by atoms with Crippen LogP contribution in [0.1, 0.15) is 28.4 Å². The van der Waals surface area contributed by atoms with Crippen LogP contribution in [-0.2, 0) is 32.4 Å².